The van der Waals surface area contributed by atoms with E-state index in [1.165, 1.54) is 12.8 Å². The van der Waals surface area contributed by atoms with Crippen LogP contribution in [0.5, 0.6) is 0 Å². The maximum atomic E-state index is 11.3. The standard InChI is InChI=1S/C13H23NO3/c14-7-3-11(12(15)16)10-4-8-17-13(9-10)5-1-2-6-13/h10-11H,1-9,14H2,(H,15,16). The molecule has 4 heteroatoms. The molecule has 2 unspecified atom stereocenters. The van der Waals surface area contributed by atoms with Gasteiger partial charge >= 0.3 is 5.97 Å². The van der Waals surface area contributed by atoms with E-state index < -0.39 is 5.97 Å². The summed E-state index contributed by atoms with van der Waals surface area (Å²) in [5, 5.41) is 9.29. The van der Waals surface area contributed by atoms with E-state index in [4.69, 9.17) is 10.5 Å². The van der Waals surface area contributed by atoms with Gasteiger partial charge in [-0.1, -0.05) is 12.8 Å². The highest BCUT2D eigenvalue weighted by molar-refractivity contribution is 5.70. The van der Waals surface area contributed by atoms with E-state index in [1.54, 1.807) is 0 Å². The second kappa shape index (κ2) is 5.36. The lowest BCUT2D eigenvalue weighted by Gasteiger charge is -2.40. The molecule has 17 heavy (non-hydrogen) atoms. The monoisotopic (exact) mass is 241 g/mol. The van der Waals surface area contributed by atoms with Gasteiger partial charge in [0.1, 0.15) is 0 Å². The average molecular weight is 241 g/mol. The number of carbonyl (C=O) groups is 1. The highest BCUT2D eigenvalue weighted by Crippen LogP contribution is 2.44. The number of hydrogen-bond donors (Lipinski definition) is 2. The van der Waals surface area contributed by atoms with Gasteiger partial charge in [0, 0.05) is 6.61 Å². The molecule has 0 aromatic heterocycles. The van der Waals surface area contributed by atoms with Gasteiger partial charge in [-0.05, 0) is 44.6 Å². The maximum Gasteiger partial charge on any atom is 0.306 e. The molecule has 0 bridgehead atoms. The van der Waals surface area contributed by atoms with E-state index in [-0.39, 0.29) is 17.4 Å². The molecule has 1 saturated carbocycles. The summed E-state index contributed by atoms with van der Waals surface area (Å²) in [6, 6.07) is 0. The number of rotatable bonds is 4. The lowest BCUT2D eigenvalue weighted by molar-refractivity contribution is -0.150. The minimum Gasteiger partial charge on any atom is -0.481 e. The second-order valence-corrected chi connectivity index (χ2v) is 5.51. The summed E-state index contributed by atoms with van der Waals surface area (Å²) < 4.78 is 5.94. The topological polar surface area (TPSA) is 72.6 Å². The fraction of sp³-hybridized carbons (Fsp3) is 0.923. The van der Waals surface area contributed by atoms with Crippen LogP contribution >= 0.6 is 0 Å². The predicted molar refractivity (Wildman–Crippen MR) is 64.7 cm³/mol. The van der Waals surface area contributed by atoms with Gasteiger partial charge in [-0.2, -0.15) is 0 Å². The molecule has 2 aliphatic rings. The zero-order valence-corrected chi connectivity index (χ0v) is 10.4. The van der Waals surface area contributed by atoms with Crippen molar-refractivity contribution in [3.8, 4) is 0 Å². The van der Waals surface area contributed by atoms with Crippen molar-refractivity contribution in [2.75, 3.05) is 13.2 Å². The number of ether oxygens (including phenoxy) is 1. The van der Waals surface area contributed by atoms with Crippen molar-refractivity contribution in [1.29, 1.82) is 0 Å². The van der Waals surface area contributed by atoms with E-state index in [1.807, 2.05) is 0 Å². The average Bonchev–Trinajstić information content (AvgIpc) is 2.73. The van der Waals surface area contributed by atoms with Gasteiger partial charge < -0.3 is 15.6 Å². The summed E-state index contributed by atoms with van der Waals surface area (Å²) in [4.78, 5) is 11.3. The zero-order valence-electron chi connectivity index (χ0n) is 10.4. The molecule has 3 N–H and O–H groups in total. The van der Waals surface area contributed by atoms with Crippen LogP contribution in [0.4, 0.5) is 0 Å². The summed E-state index contributed by atoms with van der Waals surface area (Å²) in [5.74, 6) is -0.709. The minimum atomic E-state index is -0.685. The molecule has 4 nitrogen and oxygen atoms in total. The SMILES string of the molecule is NCCC(C(=O)O)C1CCOC2(CCCC2)C1. The van der Waals surface area contributed by atoms with E-state index in [9.17, 15) is 9.90 Å². The molecule has 1 saturated heterocycles. The van der Waals surface area contributed by atoms with Crippen molar-refractivity contribution in [2.45, 2.75) is 50.5 Å². The number of carboxylic acid groups (broad SMARTS) is 1. The molecule has 0 aromatic carbocycles. The molecule has 2 fully saturated rings. The molecular formula is C13H23NO3. The molecule has 0 radical (unpaired) electrons. The van der Waals surface area contributed by atoms with E-state index in [0.717, 1.165) is 32.3 Å². The Bertz CT molecular complexity index is 274. The third kappa shape index (κ3) is 2.80. The van der Waals surface area contributed by atoms with Crippen LogP contribution in [0.1, 0.15) is 44.9 Å². The highest BCUT2D eigenvalue weighted by Gasteiger charge is 2.43. The van der Waals surface area contributed by atoms with Crippen molar-refractivity contribution < 1.29 is 14.6 Å². The van der Waals surface area contributed by atoms with E-state index in [2.05, 4.69) is 0 Å². The first-order chi connectivity index (χ1) is 8.17. The first-order valence-corrected chi connectivity index (χ1v) is 6.74. The van der Waals surface area contributed by atoms with Crippen LogP contribution in [0.2, 0.25) is 0 Å². The number of aliphatic carboxylic acids is 1. The molecule has 0 aromatic rings. The lowest BCUT2D eigenvalue weighted by Crippen LogP contribution is -2.41. The quantitative estimate of drug-likeness (QED) is 0.787. The largest absolute Gasteiger partial charge is 0.481 e. The van der Waals surface area contributed by atoms with Crippen LogP contribution in [0, 0.1) is 11.8 Å². The third-order valence-electron chi connectivity index (χ3n) is 4.41. The van der Waals surface area contributed by atoms with Crippen molar-refractivity contribution in [3.63, 3.8) is 0 Å². The molecule has 1 aliphatic heterocycles. The Labute approximate surface area is 103 Å². The highest BCUT2D eigenvalue weighted by atomic mass is 16.5. The van der Waals surface area contributed by atoms with Crippen LogP contribution in [0.15, 0.2) is 0 Å². The van der Waals surface area contributed by atoms with Gasteiger partial charge in [0.25, 0.3) is 0 Å². The molecule has 2 atom stereocenters. The number of carboxylic acids is 1. The molecule has 0 amide bonds. The van der Waals surface area contributed by atoms with Gasteiger partial charge in [-0.25, -0.2) is 0 Å². The maximum absolute atomic E-state index is 11.3. The molecule has 98 valence electrons. The zero-order chi connectivity index (χ0) is 12.3. The molecule has 1 spiro atoms. The van der Waals surface area contributed by atoms with Crippen LogP contribution in [0.3, 0.4) is 0 Å². The van der Waals surface area contributed by atoms with Crippen LogP contribution < -0.4 is 5.73 Å². The van der Waals surface area contributed by atoms with Gasteiger partial charge in [0.2, 0.25) is 0 Å². The smallest absolute Gasteiger partial charge is 0.306 e. The summed E-state index contributed by atoms with van der Waals surface area (Å²) >= 11 is 0. The fourth-order valence-electron chi connectivity index (χ4n) is 3.52. The Balaban J connectivity index is 2.02. The van der Waals surface area contributed by atoms with Gasteiger partial charge in [0.15, 0.2) is 0 Å². The normalized spacial score (nSPS) is 29.4. The first kappa shape index (κ1) is 12.8. The van der Waals surface area contributed by atoms with Crippen LogP contribution in [-0.2, 0) is 9.53 Å². The number of nitrogens with two attached hydrogens (primary N) is 1. The Morgan fingerprint density at radius 1 is 1.47 bits per heavy atom. The van der Waals surface area contributed by atoms with Crippen molar-refractivity contribution >= 4 is 5.97 Å². The Morgan fingerprint density at radius 3 is 2.76 bits per heavy atom. The van der Waals surface area contributed by atoms with Gasteiger partial charge in [-0.3, -0.25) is 4.79 Å². The predicted octanol–water partition coefficient (Wildman–Crippen LogP) is 1.78. The summed E-state index contributed by atoms with van der Waals surface area (Å²) in [5.41, 5.74) is 5.53. The van der Waals surface area contributed by atoms with Crippen molar-refractivity contribution in [2.24, 2.45) is 17.6 Å². The van der Waals surface area contributed by atoms with Gasteiger partial charge in [-0.15, -0.1) is 0 Å². The Morgan fingerprint density at radius 2 is 2.18 bits per heavy atom. The van der Waals surface area contributed by atoms with Crippen LogP contribution in [-0.4, -0.2) is 29.8 Å². The van der Waals surface area contributed by atoms with E-state index >= 15 is 0 Å². The Kier molecular flexibility index (Phi) is 4.05. The third-order valence-corrected chi connectivity index (χ3v) is 4.41. The van der Waals surface area contributed by atoms with Crippen LogP contribution in [0.25, 0.3) is 0 Å². The minimum absolute atomic E-state index is 0.00517. The summed E-state index contributed by atoms with van der Waals surface area (Å²) in [6.45, 7) is 1.18. The molecular weight excluding hydrogens is 218 g/mol. The van der Waals surface area contributed by atoms with Crippen molar-refractivity contribution in [1.82, 2.24) is 0 Å². The fourth-order valence-corrected chi connectivity index (χ4v) is 3.52. The summed E-state index contributed by atoms with van der Waals surface area (Å²) in [6.07, 6.45) is 7.05. The van der Waals surface area contributed by atoms with Crippen molar-refractivity contribution in [3.05, 3.63) is 0 Å². The van der Waals surface area contributed by atoms with Gasteiger partial charge in [0.05, 0.1) is 11.5 Å². The molecule has 1 aliphatic carbocycles. The number of hydrogen-bond acceptors (Lipinski definition) is 3. The lowest BCUT2D eigenvalue weighted by atomic mass is 9.76. The molecule has 1 heterocycles. The second-order valence-electron chi connectivity index (χ2n) is 5.51. The van der Waals surface area contributed by atoms with E-state index in [0.29, 0.717) is 13.0 Å². The summed E-state index contributed by atoms with van der Waals surface area (Å²) in [7, 11) is 0. The molecule has 2 rings (SSSR count). The first-order valence-electron chi connectivity index (χ1n) is 6.74. The Hall–Kier alpha value is -0.610.